The first-order chi connectivity index (χ1) is 10.8. The van der Waals surface area contributed by atoms with E-state index in [0.29, 0.717) is 6.42 Å². The van der Waals surface area contributed by atoms with Gasteiger partial charge in [0.2, 0.25) is 0 Å². The molecule has 3 rings (SSSR count). The highest BCUT2D eigenvalue weighted by molar-refractivity contribution is 7.91. The number of benzene rings is 1. The molecule has 2 heterocycles. The summed E-state index contributed by atoms with van der Waals surface area (Å²) in [6, 6.07) is 9.01. The van der Waals surface area contributed by atoms with Gasteiger partial charge in [-0.3, -0.25) is 4.90 Å². The molecule has 1 aromatic carbocycles. The predicted octanol–water partition coefficient (Wildman–Crippen LogP) is 0.897. The zero-order chi connectivity index (χ0) is 16.7. The van der Waals surface area contributed by atoms with Gasteiger partial charge in [-0.25, -0.2) is 18.0 Å². The number of likely N-dealkylation sites (tertiary alicyclic amines) is 1. The number of amides is 1. The van der Waals surface area contributed by atoms with Crippen LogP contribution in [-0.4, -0.2) is 54.1 Å². The normalized spacial score (nSPS) is 28.3. The minimum absolute atomic E-state index is 0.0172. The van der Waals surface area contributed by atoms with Crippen molar-refractivity contribution in [3.63, 3.8) is 0 Å². The molecule has 124 valence electrons. The lowest BCUT2D eigenvalue weighted by Gasteiger charge is -2.32. The predicted molar refractivity (Wildman–Crippen MR) is 80.5 cm³/mol. The molecule has 2 aliphatic rings. The summed E-state index contributed by atoms with van der Waals surface area (Å²) in [5.74, 6) is -2.59. The second kappa shape index (κ2) is 5.52. The van der Waals surface area contributed by atoms with Gasteiger partial charge in [0.25, 0.3) is 0 Å². The molecule has 0 saturated carbocycles. The maximum absolute atomic E-state index is 12.3. The van der Waals surface area contributed by atoms with Crippen LogP contribution in [-0.2, 0) is 26.0 Å². The molecule has 7 nitrogen and oxygen atoms in total. The third kappa shape index (κ3) is 2.67. The summed E-state index contributed by atoms with van der Waals surface area (Å²) in [6.07, 6.45) is -0.428. The van der Waals surface area contributed by atoms with Crippen molar-refractivity contribution < 1.29 is 27.9 Å². The Morgan fingerprint density at radius 2 is 2.00 bits per heavy atom. The van der Waals surface area contributed by atoms with Crippen LogP contribution in [0.3, 0.4) is 0 Å². The number of aliphatic carboxylic acids is 1. The fourth-order valence-corrected chi connectivity index (χ4v) is 5.82. The van der Waals surface area contributed by atoms with Gasteiger partial charge in [0.1, 0.15) is 6.61 Å². The summed E-state index contributed by atoms with van der Waals surface area (Å²) < 4.78 is 28.9. The highest BCUT2D eigenvalue weighted by atomic mass is 32.2. The Kier molecular flexibility index (Phi) is 3.79. The SMILES string of the molecule is O=C(OCc1ccccc1)N1CC[C@@H]2CS(=O)(=O)C[C@@]21C(=O)O. The van der Waals surface area contributed by atoms with Crippen LogP contribution in [0.25, 0.3) is 0 Å². The molecule has 0 unspecified atom stereocenters. The highest BCUT2D eigenvalue weighted by Crippen LogP contribution is 2.43. The van der Waals surface area contributed by atoms with Gasteiger partial charge in [-0.1, -0.05) is 30.3 Å². The lowest BCUT2D eigenvalue weighted by Crippen LogP contribution is -2.57. The highest BCUT2D eigenvalue weighted by Gasteiger charge is 2.64. The average molecular weight is 339 g/mol. The van der Waals surface area contributed by atoms with Crippen LogP contribution in [0.15, 0.2) is 30.3 Å². The van der Waals surface area contributed by atoms with E-state index in [1.54, 1.807) is 24.3 Å². The Balaban J connectivity index is 1.79. The molecule has 0 bridgehead atoms. The van der Waals surface area contributed by atoms with Crippen molar-refractivity contribution in [2.24, 2.45) is 5.92 Å². The van der Waals surface area contributed by atoms with E-state index in [1.807, 2.05) is 6.07 Å². The first-order valence-electron chi connectivity index (χ1n) is 7.27. The summed E-state index contributed by atoms with van der Waals surface area (Å²) in [5.41, 5.74) is -0.910. The number of fused-ring (bicyclic) bond motifs is 1. The van der Waals surface area contributed by atoms with E-state index in [2.05, 4.69) is 0 Å². The number of carboxylic acid groups (broad SMARTS) is 1. The van der Waals surface area contributed by atoms with Gasteiger partial charge in [0.05, 0.1) is 11.5 Å². The number of carbonyl (C=O) groups is 2. The first kappa shape index (κ1) is 15.8. The standard InChI is InChI=1S/C15H17NO6S/c17-13(18)15-10-23(20,21)9-12(15)6-7-16(15)14(19)22-8-11-4-2-1-3-5-11/h1-5,12H,6-10H2,(H,17,18)/t12-,15+/m1/s1. The third-order valence-corrected chi connectivity index (χ3v) is 6.34. The Hall–Kier alpha value is -2.09. The minimum atomic E-state index is -3.47. The van der Waals surface area contributed by atoms with Crippen molar-refractivity contribution in [3.05, 3.63) is 35.9 Å². The zero-order valence-corrected chi connectivity index (χ0v) is 13.2. The van der Waals surface area contributed by atoms with E-state index in [4.69, 9.17) is 4.74 Å². The Bertz CT molecular complexity index is 732. The molecule has 0 spiro atoms. The van der Waals surface area contributed by atoms with Gasteiger partial charge in [-0.15, -0.1) is 0 Å². The molecule has 2 fully saturated rings. The van der Waals surface area contributed by atoms with E-state index >= 15 is 0 Å². The van der Waals surface area contributed by atoms with Crippen LogP contribution in [0.4, 0.5) is 4.79 Å². The number of hydrogen-bond acceptors (Lipinski definition) is 5. The van der Waals surface area contributed by atoms with Gasteiger partial charge in [-0.05, 0) is 12.0 Å². The fourth-order valence-electron chi connectivity index (χ4n) is 3.46. The van der Waals surface area contributed by atoms with Crippen molar-refractivity contribution >= 4 is 21.9 Å². The van der Waals surface area contributed by atoms with Gasteiger partial charge in [0.15, 0.2) is 15.4 Å². The Labute approximate surface area is 133 Å². The molecule has 8 heteroatoms. The van der Waals surface area contributed by atoms with Crippen molar-refractivity contribution in [2.45, 2.75) is 18.6 Å². The first-order valence-corrected chi connectivity index (χ1v) is 9.09. The molecular weight excluding hydrogens is 322 g/mol. The molecule has 2 aliphatic heterocycles. The number of nitrogens with zero attached hydrogens (tertiary/aromatic N) is 1. The molecule has 23 heavy (non-hydrogen) atoms. The second-order valence-electron chi connectivity index (χ2n) is 5.96. The number of ether oxygens (including phenoxy) is 1. The third-order valence-electron chi connectivity index (χ3n) is 4.55. The lowest BCUT2D eigenvalue weighted by atomic mass is 9.88. The maximum atomic E-state index is 12.3. The van der Waals surface area contributed by atoms with E-state index < -0.39 is 39.1 Å². The number of carbonyl (C=O) groups excluding carboxylic acids is 1. The average Bonchev–Trinajstić information content (AvgIpc) is 2.97. The van der Waals surface area contributed by atoms with Crippen LogP contribution >= 0.6 is 0 Å². The van der Waals surface area contributed by atoms with Gasteiger partial charge in [-0.2, -0.15) is 0 Å². The smallest absolute Gasteiger partial charge is 0.411 e. The molecule has 2 atom stereocenters. The van der Waals surface area contributed by atoms with Crippen LogP contribution in [0, 0.1) is 5.92 Å². The summed E-state index contributed by atoms with van der Waals surface area (Å²) in [5, 5.41) is 9.60. The van der Waals surface area contributed by atoms with Crippen LogP contribution in [0.1, 0.15) is 12.0 Å². The monoisotopic (exact) mass is 339 g/mol. The Morgan fingerprint density at radius 1 is 1.30 bits per heavy atom. The van der Waals surface area contributed by atoms with Gasteiger partial charge >= 0.3 is 12.1 Å². The van der Waals surface area contributed by atoms with Gasteiger partial charge in [0, 0.05) is 12.5 Å². The number of rotatable bonds is 3. The quantitative estimate of drug-likeness (QED) is 0.878. The number of hydrogen-bond donors (Lipinski definition) is 1. The minimum Gasteiger partial charge on any atom is -0.479 e. The topological polar surface area (TPSA) is 101 Å². The van der Waals surface area contributed by atoms with Crippen LogP contribution in [0.5, 0.6) is 0 Å². The fraction of sp³-hybridized carbons (Fsp3) is 0.467. The van der Waals surface area contributed by atoms with E-state index in [-0.39, 0.29) is 18.9 Å². The molecule has 1 aromatic rings. The molecule has 0 aliphatic carbocycles. The van der Waals surface area contributed by atoms with Crippen LogP contribution < -0.4 is 0 Å². The summed E-state index contributed by atoms with van der Waals surface area (Å²) >= 11 is 0. The lowest BCUT2D eigenvalue weighted by molar-refractivity contribution is -0.149. The zero-order valence-electron chi connectivity index (χ0n) is 12.3. The molecular formula is C15H17NO6S. The second-order valence-corrected chi connectivity index (χ2v) is 8.07. The molecule has 1 amide bonds. The largest absolute Gasteiger partial charge is 0.479 e. The molecule has 1 N–H and O–H groups in total. The summed E-state index contributed by atoms with van der Waals surface area (Å²) in [4.78, 5) is 25.2. The van der Waals surface area contributed by atoms with Crippen molar-refractivity contribution in [3.8, 4) is 0 Å². The summed E-state index contributed by atoms with van der Waals surface area (Å²) in [7, 11) is -3.47. The number of sulfone groups is 1. The molecule has 0 aromatic heterocycles. The maximum Gasteiger partial charge on any atom is 0.411 e. The number of carboxylic acids is 1. The van der Waals surface area contributed by atoms with Crippen molar-refractivity contribution in [1.29, 1.82) is 0 Å². The molecule has 2 saturated heterocycles. The van der Waals surface area contributed by atoms with E-state index in [0.717, 1.165) is 10.5 Å². The summed E-state index contributed by atoms with van der Waals surface area (Å²) in [6.45, 7) is 0.212. The van der Waals surface area contributed by atoms with Crippen LogP contribution in [0.2, 0.25) is 0 Å². The Morgan fingerprint density at radius 3 is 2.65 bits per heavy atom. The molecule has 0 radical (unpaired) electrons. The van der Waals surface area contributed by atoms with E-state index in [1.165, 1.54) is 0 Å². The van der Waals surface area contributed by atoms with E-state index in [9.17, 15) is 23.1 Å². The van der Waals surface area contributed by atoms with Crippen molar-refractivity contribution in [2.75, 3.05) is 18.1 Å². The van der Waals surface area contributed by atoms with Gasteiger partial charge < -0.3 is 9.84 Å². The van der Waals surface area contributed by atoms with Crippen molar-refractivity contribution in [1.82, 2.24) is 4.90 Å².